The molecule has 2 amide bonds. The number of likely N-dealkylation sites (tertiary alicyclic amines) is 1. The van der Waals surface area contributed by atoms with Crippen molar-refractivity contribution in [2.45, 2.75) is 31.4 Å². The molecule has 1 aromatic carbocycles. The number of hydroxylamine groups is 1. The van der Waals surface area contributed by atoms with Gasteiger partial charge in [-0.1, -0.05) is 6.07 Å². The predicted octanol–water partition coefficient (Wildman–Crippen LogP) is 1.27. The average molecular weight is 332 g/mol. The molecule has 24 heavy (non-hydrogen) atoms. The van der Waals surface area contributed by atoms with Crippen molar-refractivity contribution < 1.29 is 24.3 Å². The van der Waals surface area contributed by atoms with Gasteiger partial charge >= 0.3 is 0 Å². The van der Waals surface area contributed by atoms with Crippen LogP contribution in [0.2, 0.25) is 0 Å². The Morgan fingerprint density at radius 2 is 2.04 bits per heavy atom. The van der Waals surface area contributed by atoms with Crippen LogP contribution in [0.3, 0.4) is 0 Å². The SMILES string of the molecule is O=C(NO)c1ccc2c(c1)O[C@@H]1C[C@H]2N(C(=O)C2CCOCC2)C1. The average Bonchev–Trinajstić information content (AvgIpc) is 2.98. The number of hydrogen-bond acceptors (Lipinski definition) is 5. The van der Waals surface area contributed by atoms with Crippen molar-refractivity contribution in [1.29, 1.82) is 0 Å². The summed E-state index contributed by atoms with van der Waals surface area (Å²) in [5, 5.41) is 8.76. The van der Waals surface area contributed by atoms with Gasteiger partial charge in [0.2, 0.25) is 5.91 Å². The number of hydrogen-bond donors (Lipinski definition) is 2. The van der Waals surface area contributed by atoms with Crippen LogP contribution in [-0.4, -0.2) is 47.8 Å². The molecule has 3 aliphatic heterocycles. The van der Waals surface area contributed by atoms with E-state index in [0.29, 0.717) is 31.1 Å². The number of ether oxygens (including phenoxy) is 2. The van der Waals surface area contributed by atoms with Gasteiger partial charge in [0.15, 0.2) is 0 Å². The maximum absolute atomic E-state index is 12.9. The van der Waals surface area contributed by atoms with Crippen molar-refractivity contribution >= 4 is 11.8 Å². The molecule has 0 radical (unpaired) electrons. The van der Waals surface area contributed by atoms with Crippen LogP contribution in [0.4, 0.5) is 0 Å². The van der Waals surface area contributed by atoms with Crippen molar-refractivity contribution in [2.24, 2.45) is 5.92 Å². The van der Waals surface area contributed by atoms with Gasteiger partial charge in [0.1, 0.15) is 11.9 Å². The summed E-state index contributed by atoms with van der Waals surface area (Å²) in [6.45, 7) is 1.87. The molecule has 0 saturated carbocycles. The molecule has 2 fully saturated rings. The van der Waals surface area contributed by atoms with E-state index in [1.54, 1.807) is 17.6 Å². The summed E-state index contributed by atoms with van der Waals surface area (Å²) < 4.78 is 11.3. The number of carbonyl (C=O) groups excluding carboxylic acids is 2. The molecule has 0 aromatic heterocycles. The van der Waals surface area contributed by atoms with E-state index in [1.165, 1.54) is 0 Å². The highest BCUT2D eigenvalue weighted by Crippen LogP contribution is 2.44. The molecule has 4 rings (SSSR count). The molecule has 0 spiro atoms. The lowest BCUT2D eigenvalue weighted by atomic mass is 9.95. The lowest BCUT2D eigenvalue weighted by molar-refractivity contribution is -0.139. The summed E-state index contributed by atoms with van der Waals surface area (Å²) in [4.78, 5) is 26.4. The molecule has 2 bridgehead atoms. The molecule has 0 aliphatic carbocycles. The monoisotopic (exact) mass is 332 g/mol. The second-order valence-electron chi connectivity index (χ2n) is 6.56. The zero-order chi connectivity index (χ0) is 16.7. The summed E-state index contributed by atoms with van der Waals surface area (Å²) in [5.41, 5.74) is 2.89. The van der Waals surface area contributed by atoms with Crippen LogP contribution < -0.4 is 10.2 Å². The van der Waals surface area contributed by atoms with Crippen molar-refractivity contribution in [3.05, 3.63) is 29.3 Å². The van der Waals surface area contributed by atoms with E-state index in [-0.39, 0.29) is 24.0 Å². The molecule has 3 heterocycles. The first-order chi connectivity index (χ1) is 11.7. The van der Waals surface area contributed by atoms with Crippen LogP contribution in [0.15, 0.2) is 18.2 Å². The van der Waals surface area contributed by atoms with Crippen LogP contribution in [-0.2, 0) is 9.53 Å². The number of benzene rings is 1. The summed E-state index contributed by atoms with van der Waals surface area (Å²) in [6.07, 6.45) is 2.29. The third-order valence-corrected chi connectivity index (χ3v) is 5.15. The van der Waals surface area contributed by atoms with E-state index >= 15 is 0 Å². The minimum absolute atomic E-state index is 0.000308. The Kier molecular flexibility index (Phi) is 3.90. The van der Waals surface area contributed by atoms with Crippen LogP contribution in [0.1, 0.15) is 41.2 Å². The second kappa shape index (κ2) is 6.07. The van der Waals surface area contributed by atoms with Gasteiger partial charge in [0.25, 0.3) is 5.91 Å². The van der Waals surface area contributed by atoms with Gasteiger partial charge in [-0.3, -0.25) is 14.8 Å². The van der Waals surface area contributed by atoms with Gasteiger partial charge in [-0.05, 0) is 25.0 Å². The summed E-state index contributed by atoms with van der Waals surface area (Å²) in [5.74, 6) is 0.259. The summed E-state index contributed by atoms with van der Waals surface area (Å²) >= 11 is 0. The maximum atomic E-state index is 12.9. The topological polar surface area (TPSA) is 88.1 Å². The van der Waals surface area contributed by atoms with Gasteiger partial charge in [-0.25, -0.2) is 5.48 Å². The molecule has 3 aliphatic rings. The number of fused-ring (bicyclic) bond motifs is 4. The molecule has 2 saturated heterocycles. The van der Waals surface area contributed by atoms with Gasteiger partial charge in [-0.15, -0.1) is 0 Å². The molecule has 7 heteroatoms. The van der Waals surface area contributed by atoms with Crippen LogP contribution >= 0.6 is 0 Å². The lowest BCUT2D eigenvalue weighted by Crippen LogP contribution is -2.38. The maximum Gasteiger partial charge on any atom is 0.274 e. The van der Waals surface area contributed by atoms with Crippen molar-refractivity contribution in [3.63, 3.8) is 0 Å². The first-order valence-electron chi connectivity index (χ1n) is 8.30. The van der Waals surface area contributed by atoms with E-state index < -0.39 is 5.91 Å². The highest BCUT2D eigenvalue weighted by atomic mass is 16.5. The number of rotatable bonds is 2. The predicted molar refractivity (Wildman–Crippen MR) is 82.7 cm³/mol. The largest absolute Gasteiger partial charge is 0.488 e. The number of nitrogens with zero attached hydrogens (tertiary/aromatic N) is 1. The Morgan fingerprint density at radius 1 is 1.25 bits per heavy atom. The standard InChI is InChI=1S/C17H20N2O5/c20-16(18-22)11-1-2-13-14-8-12(24-15(13)7-11)9-19(14)17(21)10-3-5-23-6-4-10/h1-2,7,10,12,14,22H,3-6,8-9H2,(H,18,20)/t12-,14-/m1/s1. The smallest absolute Gasteiger partial charge is 0.274 e. The third kappa shape index (κ3) is 2.53. The Bertz CT molecular complexity index is 671. The molecular weight excluding hydrogens is 312 g/mol. The van der Waals surface area contributed by atoms with Gasteiger partial charge < -0.3 is 14.4 Å². The van der Waals surface area contributed by atoms with Gasteiger partial charge in [0, 0.05) is 36.7 Å². The Balaban J connectivity index is 1.59. The van der Waals surface area contributed by atoms with E-state index in [2.05, 4.69) is 0 Å². The quantitative estimate of drug-likeness (QED) is 0.629. The zero-order valence-electron chi connectivity index (χ0n) is 13.2. The minimum Gasteiger partial charge on any atom is -0.488 e. The van der Waals surface area contributed by atoms with E-state index in [4.69, 9.17) is 14.7 Å². The summed E-state index contributed by atoms with van der Waals surface area (Å²) in [6, 6.07) is 5.09. The molecular formula is C17H20N2O5. The highest BCUT2D eigenvalue weighted by Gasteiger charge is 2.44. The number of nitrogens with one attached hydrogen (secondary N) is 1. The molecule has 7 nitrogen and oxygen atoms in total. The summed E-state index contributed by atoms with van der Waals surface area (Å²) in [7, 11) is 0. The van der Waals surface area contributed by atoms with Crippen molar-refractivity contribution in [2.75, 3.05) is 19.8 Å². The first kappa shape index (κ1) is 15.4. The Morgan fingerprint density at radius 3 is 2.79 bits per heavy atom. The number of amides is 2. The normalized spacial score (nSPS) is 25.8. The second-order valence-corrected chi connectivity index (χ2v) is 6.56. The zero-order valence-corrected chi connectivity index (χ0v) is 13.2. The fourth-order valence-corrected chi connectivity index (χ4v) is 3.90. The van der Waals surface area contributed by atoms with E-state index in [1.807, 2.05) is 11.0 Å². The number of carbonyl (C=O) groups is 2. The van der Waals surface area contributed by atoms with Crippen LogP contribution in [0.25, 0.3) is 0 Å². The molecule has 2 N–H and O–H groups in total. The fourth-order valence-electron chi connectivity index (χ4n) is 3.90. The fraction of sp³-hybridized carbons (Fsp3) is 0.529. The third-order valence-electron chi connectivity index (χ3n) is 5.15. The molecule has 2 atom stereocenters. The minimum atomic E-state index is -0.575. The van der Waals surface area contributed by atoms with E-state index in [9.17, 15) is 9.59 Å². The van der Waals surface area contributed by atoms with Gasteiger partial charge in [0.05, 0.1) is 12.6 Å². The molecule has 1 aromatic rings. The van der Waals surface area contributed by atoms with Gasteiger partial charge in [-0.2, -0.15) is 0 Å². The lowest BCUT2D eigenvalue weighted by Gasteiger charge is -2.31. The molecule has 128 valence electrons. The van der Waals surface area contributed by atoms with Crippen LogP contribution in [0, 0.1) is 5.92 Å². The van der Waals surface area contributed by atoms with E-state index in [0.717, 1.165) is 24.8 Å². The Hall–Kier alpha value is -2.12. The van der Waals surface area contributed by atoms with Crippen molar-refractivity contribution in [1.82, 2.24) is 10.4 Å². The molecule has 0 unspecified atom stereocenters. The first-order valence-corrected chi connectivity index (χ1v) is 8.30. The Labute approximate surface area is 139 Å². The van der Waals surface area contributed by atoms with Crippen molar-refractivity contribution in [3.8, 4) is 5.75 Å². The van der Waals surface area contributed by atoms with Crippen LogP contribution in [0.5, 0.6) is 5.75 Å². The highest BCUT2D eigenvalue weighted by molar-refractivity contribution is 5.94.